The van der Waals surface area contributed by atoms with E-state index in [1.807, 2.05) is 4.90 Å². The quantitative estimate of drug-likeness (QED) is 0.636. The maximum absolute atomic E-state index is 13.0. The van der Waals surface area contributed by atoms with Crippen molar-refractivity contribution in [2.75, 3.05) is 50.4 Å². The Labute approximate surface area is 199 Å². The average molecular weight is 471 g/mol. The van der Waals surface area contributed by atoms with Gasteiger partial charge in [0.2, 0.25) is 0 Å². The number of likely N-dealkylation sites (N-methyl/N-ethyl adjacent to an activating group) is 1. The SMILES string of the molecule is CN1CCCNC(C2CCN(C(=O)Nc3ccccc3C(=O)Nc3ccc(Cl)cn3)CC2)C1. The Kier molecular flexibility index (Phi) is 7.80. The van der Waals surface area contributed by atoms with Crippen LogP contribution in [0.25, 0.3) is 0 Å². The minimum absolute atomic E-state index is 0.177. The second kappa shape index (κ2) is 11.0. The number of halogens is 1. The van der Waals surface area contributed by atoms with E-state index in [-0.39, 0.29) is 11.9 Å². The van der Waals surface area contributed by atoms with Crippen molar-refractivity contribution in [2.45, 2.75) is 25.3 Å². The number of carbonyl (C=O) groups excluding carboxylic acids is 2. The molecule has 2 aliphatic rings. The zero-order valence-corrected chi connectivity index (χ0v) is 19.6. The van der Waals surface area contributed by atoms with Gasteiger partial charge in [0, 0.05) is 31.9 Å². The molecule has 3 amide bonds. The van der Waals surface area contributed by atoms with Crippen molar-refractivity contribution in [3.8, 4) is 0 Å². The Morgan fingerprint density at radius 1 is 1.09 bits per heavy atom. The van der Waals surface area contributed by atoms with Gasteiger partial charge in [0.25, 0.3) is 5.91 Å². The molecule has 1 atom stereocenters. The first-order chi connectivity index (χ1) is 16.0. The molecule has 1 aromatic carbocycles. The molecule has 0 aliphatic carbocycles. The van der Waals surface area contributed by atoms with Crippen molar-refractivity contribution < 1.29 is 9.59 Å². The average Bonchev–Trinajstić information content (AvgIpc) is 3.05. The summed E-state index contributed by atoms with van der Waals surface area (Å²) in [6, 6.07) is 10.6. The number of piperidine rings is 1. The number of amides is 3. The zero-order valence-electron chi connectivity index (χ0n) is 18.9. The molecule has 2 aliphatic heterocycles. The molecule has 1 unspecified atom stereocenters. The molecule has 3 heterocycles. The van der Waals surface area contributed by atoms with Gasteiger partial charge in [-0.3, -0.25) is 4.79 Å². The van der Waals surface area contributed by atoms with Gasteiger partial charge in [0.05, 0.1) is 16.3 Å². The van der Waals surface area contributed by atoms with E-state index in [0.717, 1.165) is 32.5 Å². The first kappa shape index (κ1) is 23.5. The molecular formula is C24H31ClN6O2. The van der Waals surface area contributed by atoms with Crippen LogP contribution in [-0.2, 0) is 0 Å². The van der Waals surface area contributed by atoms with Crippen LogP contribution in [0.15, 0.2) is 42.6 Å². The highest BCUT2D eigenvalue weighted by Crippen LogP contribution is 2.24. The van der Waals surface area contributed by atoms with Gasteiger partial charge in [-0.05, 0) is 69.6 Å². The number of anilines is 2. The summed E-state index contributed by atoms with van der Waals surface area (Å²) in [5, 5.41) is 9.86. The number of likely N-dealkylation sites (tertiary alicyclic amines) is 1. The number of nitrogens with one attached hydrogen (secondary N) is 3. The van der Waals surface area contributed by atoms with Crippen molar-refractivity contribution in [2.24, 2.45) is 5.92 Å². The Hall–Kier alpha value is -2.68. The Balaban J connectivity index is 1.34. The summed E-state index contributed by atoms with van der Waals surface area (Å²) in [5.41, 5.74) is 0.853. The van der Waals surface area contributed by atoms with Gasteiger partial charge >= 0.3 is 6.03 Å². The molecular weight excluding hydrogens is 440 g/mol. The van der Waals surface area contributed by atoms with Crippen molar-refractivity contribution in [1.29, 1.82) is 0 Å². The number of hydrogen-bond donors (Lipinski definition) is 3. The maximum Gasteiger partial charge on any atom is 0.321 e. The molecule has 9 heteroatoms. The highest BCUT2D eigenvalue weighted by atomic mass is 35.5. The van der Waals surface area contributed by atoms with Gasteiger partial charge in [-0.1, -0.05) is 23.7 Å². The number of para-hydroxylation sites is 1. The molecule has 0 spiro atoms. The van der Waals surface area contributed by atoms with Crippen LogP contribution >= 0.6 is 11.6 Å². The van der Waals surface area contributed by atoms with Gasteiger partial charge in [0.15, 0.2) is 0 Å². The van der Waals surface area contributed by atoms with Crippen molar-refractivity contribution in [3.63, 3.8) is 0 Å². The second-order valence-electron chi connectivity index (χ2n) is 8.79. The molecule has 176 valence electrons. The summed E-state index contributed by atoms with van der Waals surface area (Å²) in [6.45, 7) is 4.66. The van der Waals surface area contributed by atoms with Crippen LogP contribution in [0.2, 0.25) is 5.02 Å². The molecule has 4 rings (SSSR count). The molecule has 0 radical (unpaired) electrons. The van der Waals surface area contributed by atoms with E-state index in [0.29, 0.717) is 47.1 Å². The summed E-state index contributed by atoms with van der Waals surface area (Å²) in [7, 11) is 2.18. The minimum Gasteiger partial charge on any atom is -0.325 e. The Bertz CT molecular complexity index is 962. The van der Waals surface area contributed by atoms with Crippen LogP contribution in [0.5, 0.6) is 0 Å². The molecule has 33 heavy (non-hydrogen) atoms. The van der Waals surface area contributed by atoms with E-state index in [4.69, 9.17) is 11.6 Å². The largest absolute Gasteiger partial charge is 0.325 e. The third kappa shape index (κ3) is 6.22. The van der Waals surface area contributed by atoms with E-state index in [2.05, 4.69) is 32.9 Å². The number of aromatic nitrogens is 1. The van der Waals surface area contributed by atoms with Crippen LogP contribution < -0.4 is 16.0 Å². The number of urea groups is 1. The van der Waals surface area contributed by atoms with Gasteiger partial charge in [0.1, 0.15) is 5.82 Å². The highest BCUT2D eigenvalue weighted by molar-refractivity contribution is 6.30. The van der Waals surface area contributed by atoms with Gasteiger partial charge in [-0.2, -0.15) is 0 Å². The summed E-state index contributed by atoms with van der Waals surface area (Å²) >= 11 is 5.86. The van der Waals surface area contributed by atoms with E-state index in [1.165, 1.54) is 12.6 Å². The predicted molar refractivity (Wildman–Crippen MR) is 131 cm³/mol. The normalized spacial score (nSPS) is 20.2. The zero-order chi connectivity index (χ0) is 23.2. The van der Waals surface area contributed by atoms with Crippen LogP contribution in [0.1, 0.15) is 29.6 Å². The van der Waals surface area contributed by atoms with Crippen LogP contribution in [0.3, 0.4) is 0 Å². The fourth-order valence-electron chi connectivity index (χ4n) is 4.57. The van der Waals surface area contributed by atoms with E-state index >= 15 is 0 Å². The summed E-state index contributed by atoms with van der Waals surface area (Å²) in [5.74, 6) is 0.618. The lowest BCUT2D eigenvalue weighted by Crippen LogP contribution is -2.48. The fourth-order valence-corrected chi connectivity index (χ4v) is 4.68. The van der Waals surface area contributed by atoms with E-state index in [9.17, 15) is 9.59 Å². The number of benzene rings is 1. The molecule has 0 saturated carbocycles. The van der Waals surface area contributed by atoms with E-state index in [1.54, 1.807) is 36.4 Å². The standard InChI is InChI=1S/C24H31ClN6O2/c1-30-12-4-11-26-21(16-30)17-9-13-31(14-10-17)24(33)28-20-6-3-2-5-19(20)23(32)29-22-8-7-18(25)15-27-22/h2-3,5-8,15,17,21,26H,4,9-14,16H2,1H3,(H,28,33)(H,27,29,32). The van der Waals surface area contributed by atoms with Gasteiger partial charge in [-0.25, -0.2) is 9.78 Å². The lowest BCUT2D eigenvalue weighted by molar-refractivity contribution is 0.102. The minimum atomic E-state index is -0.344. The third-order valence-electron chi connectivity index (χ3n) is 6.41. The number of pyridine rings is 1. The van der Waals surface area contributed by atoms with Crippen molar-refractivity contribution >= 4 is 35.0 Å². The topological polar surface area (TPSA) is 89.6 Å². The maximum atomic E-state index is 13.0. The molecule has 3 N–H and O–H groups in total. The van der Waals surface area contributed by atoms with Crippen molar-refractivity contribution in [1.82, 2.24) is 20.1 Å². The van der Waals surface area contributed by atoms with Gasteiger partial charge in [-0.15, -0.1) is 0 Å². The first-order valence-electron chi connectivity index (χ1n) is 11.5. The van der Waals surface area contributed by atoms with Gasteiger partial charge < -0.3 is 25.8 Å². The predicted octanol–water partition coefficient (Wildman–Crippen LogP) is 3.52. The van der Waals surface area contributed by atoms with Crippen LogP contribution in [0, 0.1) is 5.92 Å². The fraction of sp³-hybridized carbons (Fsp3) is 0.458. The molecule has 0 bridgehead atoms. The lowest BCUT2D eigenvalue weighted by Gasteiger charge is -2.37. The third-order valence-corrected chi connectivity index (χ3v) is 6.63. The molecule has 2 saturated heterocycles. The highest BCUT2D eigenvalue weighted by Gasteiger charge is 2.30. The van der Waals surface area contributed by atoms with Crippen LogP contribution in [0.4, 0.5) is 16.3 Å². The molecule has 2 fully saturated rings. The summed E-state index contributed by atoms with van der Waals surface area (Å²) < 4.78 is 0. The monoisotopic (exact) mass is 470 g/mol. The van der Waals surface area contributed by atoms with Crippen LogP contribution in [-0.4, -0.2) is 72.5 Å². The molecule has 8 nitrogen and oxygen atoms in total. The first-order valence-corrected chi connectivity index (χ1v) is 11.9. The molecule has 1 aromatic heterocycles. The Morgan fingerprint density at radius 2 is 1.88 bits per heavy atom. The number of nitrogens with zero attached hydrogens (tertiary/aromatic N) is 3. The number of carbonyl (C=O) groups is 2. The lowest BCUT2D eigenvalue weighted by atomic mass is 9.89. The Morgan fingerprint density at radius 3 is 2.64 bits per heavy atom. The number of rotatable bonds is 4. The second-order valence-corrected chi connectivity index (χ2v) is 9.23. The summed E-state index contributed by atoms with van der Waals surface area (Å²) in [4.78, 5) is 34.1. The van der Waals surface area contributed by atoms with Crippen molar-refractivity contribution in [3.05, 3.63) is 53.2 Å². The smallest absolute Gasteiger partial charge is 0.321 e. The summed E-state index contributed by atoms with van der Waals surface area (Å²) in [6.07, 6.45) is 4.60. The van der Waals surface area contributed by atoms with E-state index < -0.39 is 0 Å². The molecule has 2 aromatic rings. The number of hydrogen-bond acceptors (Lipinski definition) is 5.